The van der Waals surface area contributed by atoms with Gasteiger partial charge in [-0.1, -0.05) is 106 Å². The van der Waals surface area contributed by atoms with Crippen molar-refractivity contribution in [3.63, 3.8) is 0 Å². The Balaban J connectivity index is 2.60. The van der Waals surface area contributed by atoms with Crippen LogP contribution in [-0.2, 0) is 0 Å². The summed E-state index contributed by atoms with van der Waals surface area (Å²) in [5, 5.41) is 0. The Morgan fingerprint density at radius 2 is 1.43 bits per heavy atom. The van der Waals surface area contributed by atoms with Crippen molar-refractivity contribution in [3.05, 3.63) is 53.4 Å². The predicted octanol–water partition coefficient (Wildman–Crippen LogP) is 5.67. The molecule has 21 heavy (non-hydrogen) atoms. The Labute approximate surface area is 151 Å². The van der Waals surface area contributed by atoms with Crippen LogP contribution in [0.15, 0.2) is 57.8 Å². The average Bonchev–Trinajstić information content (AvgIpc) is 2.61. The molecule has 0 atom stereocenters. The third-order valence-corrected chi connectivity index (χ3v) is 3.43. The molecule has 2 nitrogen and oxygen atoms in total. The molecule has 0 fully saturated rings. The summed E-state index contributed by atoms with van der Waals surface area (Å²) in [5.41, 5.74) is 4.04. The zero-order valence-electron chi connectivity index (χ0n) is 10.1. The molecule has 0 saturated heterocycles. The molecular formula is C13H6Cl6N2. The maximum atomic E-state index is 5.86. The molecule has 1 aliphatic rings. The van der Waals surface area contributed by atoms with Gasteiger partial charge in [-0.15, -0.1) is 0 Å². The monoisotopic (exact) mass is 400 g/mol. The van der Waals surface area contributed by atoms with Crippen molar-refractivity contribution in [2.75, 3.05) is 0 Å². The van der Waals surface area contributed by atoms with E-state index in [1.807, 2.05) is 30.3 Å². The topological polar surface area (TPSA) is 24.7 Å². The summed E-state index contributed by atoms with van der Waals surface area (Å²) < 4.78 is -3.67. The lowest BCUT2D eigenvalue weighted by Crippen LogP contribution is -2.20. The first-order chi connectivity index (χ1) is 9.68. The van der Waals surface area contributed by atoms with Crippen LogP contribution >= 0.6 is 69.6 Å². The molecule has 0 saturated carbocycles. The molecule has 1 heterocycles. The van der Waals surface area contributed by atoms with E-state index in [9.17, 15) is 0 Å². The zero-order chi connectivity index (χ0) is 15.7. The van der Waals surface area contributed by atoms with Crippen molar-refractivity contribution in [2.24, 2.45) is 9.98 Å². The van der Waals surface area contributed by atoms with Crippen molar-refractivity contribution in [3.8, 4) is 0 Å². The second-order valence-electron chi connectivity index (χ2n) is 3.93. The summed E-state index contributed by atoms with van der Waals surface area (Å²) >= 11 is 35.0. The van der Waals surface area contributed by atoms with E-state index >= 15 is 0 Å². The lowest BCUT2D eigenvalue weighted by atomic mass is 10.1. The van der Waals surface area contributed by atoms with Gasteiger partial charge in [0.2, 0.25) is 7.59 Å². The highest BCUT2D eigenvalue weighted by Crippen LogP contribution is 2.38. The molecule has 1 aromatic carbocycles. The molecule has 1 aromatic rings. The highest BCUT2D eigenvalue weighted by molar-refractivity contribution is 6.77. The summed E-state index contributed by atoms with van der Waals surface area (Å²) in [4.78, 5) is 8.24. The van der Waals surface area contributed by atoms with Crippen molar-refractivity contribution in [2.45, 2.75) is 7.59 Å². The van der Waals surface area contributed by atoms with Gasteiger partial charge in [-0.25, -0.2) is 9.98 Å². The Morgan fingerprint density at radius 1 is 0.810 bits per heavy atom. The van der Waals surface area contributed by atoms with Crippen LogP contribution in [0.4, 0.5) is 0 Å². The van der Waals surface area contributed by atoms with Gasteiger partial charge in [0.25, 0.3) is 0 Å². The Hall–Kier alpha value is -0.180. The van der Waals surface area contributed by atoms with Gasteiger partial charge in [0.15, 0.2) is 5.84 Å². The molecule has 110 valence electrons. The quantitative estimate of drug-likeness (QED) is 0.427. The van der Waals surface area contributed by atoms with Gasteiger partial charge in [0, 0.05) is 11.6 Å². The predicted molar refractivity (Wildman–Crippen MR) is 92.6 cm³/mol. The minimum absolute atomic E-state index is 0.0106. The maximum Gasteiger partial charge on any atom is 0.250 e. The molecule has 0 bridgehead atoms. The molecule has 0 aliphatic carbocycles. The third kappa shape index (κ3) is 4.64. The van der Waals surface area contributed by atoms with Crippen LogP contribution < -0.4 is 0 Å². The van der Waals surface area contributed by atoms with Gasteiger partial charge in [0.1, 0.15) is 5.70 Å². The van der Waals surface area contributed by atoms with Crippen molar-refractivity contribution >= 4 is 81.2 Å². The highest BCUT2D eigenvalue weighted by Gasteiger charge is 2.33. The van der Waals surface area contributed by atoms with Gasteiger partial charge >= 0.3 is 0 Å². The van der Waals surface area contributed by atoms with Gasteiger partial charge < -0.3 is 0 Å². The number of nitrogens with zero attached hydrogens (tertiary/aromatic N) is 2. The number of hydrogen-bond acceptors (Lipinski definition) is 2. The number of hydrogen-bond donors (Lipinski definition) is 0. The summed E-state index contributed by atoms with van der Waals surface area (Å²) in [7, 11) is 0. The first-order valence-corrected chi connectivity index (χ1v) is 7.78. The fourth-order valence-corrected chi connectivity index (χ4v) is 2.02. The van der Waals surface area contributed by atoms with E-state index in [-0.39, 0.29) is 11.5 Å². The lowest BCUT2D eigenvalue weighted by Gasteiger charge is -2.13. The molecule has 1 aliphatic heterocycles. The first kappa shape index (κ1) is 17.2. The van der Waals surface area contributed by atoms with Gasteiger partial charge in [-0.05, 0) is 0 Å². The van der Waals surface area contributed by atoms with Crippen LogP contribution in [0.5, 0.6) is 0 Å². The fraction of sp³-hybridized carbons (Fsp3) is 0.154. The first-order valence-electron chi connectivity index (χ1n) is 5.52. The smallest absolute Gasteiger partial charge is 0.228 e. The van der Waals surface area contributed by atoms with Crippen molar-refractivity contribution in [1.29, 1.82) is 0 Å². The molecule has 2 rings (SSSR count). The highest BCUT2D eigenvalue weighted by atomic mass is 35.6. The molecule has 0 N–H and O–H groups in total. The van der Waals surface area contributed by atoms with Gasteiger partial charge in [-0.2, -0.15) is 0 Å². The summed E-state index contributed by atoms with van der Waals surface area (Å²) in [6.07, 6.45) is 1.53. The van der Waals surface area contributed by atoms with Crippen molar-refractivity contribution < 1.29 is 0 Å². The number of aliphatic imine (C=N–C) groups is 2. The van der Waals surface area contributed by atoms with Crippen molar-refractivity contribution in [1.82, 2.24) is 0 Å². The van der Waals surface area contributed by atoms with Crippen LogP contribution in [0, 0.1) is 0 Å². The Kier molecular flexibility index (Phi) is 5.33. The maximum absolute atomic E-state index is 5.86. The number of alkyl halides is 6. The van der Waals surface area contributed by atoms with E-state index in [4.69, 9.17) is 69.6 Å². The Morgan fingerprint density at radius 3 is 1.95 bits per heavy atom. The number of allylic oxidation sites excluding steroid dienone is 1. The minimum Gasteiger partial charge on any atom is -0.228 e. The molecule has 8 heteroatoms. The fourth-order valence-electron chi connectivity index (χ4n) is 1.48. The largest absolute Gasteiger partial charge is 0.250 e. The van der Waals surface area contributed by atoms with E-state index in [1.165, 1.54) is 6.08 Å². The average molecular weight is 403 g/mol. The number of amidine groups is 1. The van der Waals surface area contributed by atoms with Crippen LogP contribution in [0.1, 0.15) is 5.56 Å². The summed E-state index contributed by atoms with van der Waals surface area (Å²) in [6.45, 7) is 0. The minimum atomic E-state index is -1.86. The molecular weight excluding hydrogens is 397 g/mol. The standard InChI is InChI=1S/C13H6Cl6N2/c14-12(15,16)10-7-6-9(8-4-2-1-3-5-8)20-11(21-10)13(17,18)19/h1-6H. The number of benzene rings is 1. The molecule has 0 aromatic heterocycles. The van der Waals surface area contributed by atoms with E-state index in [0.717, 1.165) is 5.56 Å². The SMILES string of the molecule is ClC(Cl)(Cl)C1=C=CC(c2ccccc2)=NC(C(Cl)(Cl)Cl)=N1. The number of halogens is 6. The van der Waals surface area contributed by atoms with E-state index in [0.29, 0.717) is 5.71 Å². The summed E-state index contributed by atoms with van der Waals surface area (Å²) in [5.74, 6) is -0.103. The van der Waals surface area contributed by atoms with E-state index in [1.54, 1.807) is 0 Å². The van der Waals surface area contributed by atoms with E-state index < -0.39 is 7.59 Å². The van der Waals surface area contributed by atoms with E-state index in [2.05, 4.69) is 15.7 Å². The van der Waals surface area contributed by atoms with Crippen LogP contribution in [0.25, 0.3) is 0 Å². The molecule has 0 unspecified atom stereocenters. The third-order valence-electron chi connectivity index (χ3n) is 2.38. The molecule has 0 spiro atoms. The molecule has 0 radical (unpaired) electrons. The molecule has 0 amide bonds. The normalized spacial score (nSPS) is 16.0. The van der Waals surface area contributed by atoms with Crippen LogP contribution in [0.3, 0.4) is 0 Å². The van der Waals surface area contributed by atoms with Gasteiger partial charge in [-0.3, -0.25) is 0 Å². The second-order valence-corrected chi connectivity index (χ2v) is 8.49. The number of rotatable bonds is 1. The van der Waals surface area contributed by atoms with Gasteiger partial charge in [0.05, 0.1) is 5.71 Å². The van der Waals surface area contributed by atoms with Crippen LogP contribution in [0.2, 0.25) is 0 Å². The zero-order valence-corrected chi connectivity index (χ0v) is 14.7. The summed E-state index contributed by atoms with van der Waals surface area (Å²) in [6, 6.07) is 9.25. The Bertz CT molecular complexity index is 658. The second kappa shape index (κ2) is 6.52. The van der Waals surface area contributed by atoms with Crippen LogP contribution in [-0.4, -0.2) is 19.1 Å². The lowest BCUT2D eigenvalue weighted by molar-refractivity contribution is 1.18.